The Kier molecular flexibility index (Phi) is 4.03. The zero-order valence-corrected chi connectivity index (χ0v) is 15.7. The van der Waals surface area contributed by atoms with E-state index < -0.39 is 0 Å². The van der Waals surface area contributed by atoms with Gasteiger partial charge in [0.15, 0.2) is 10.8 Å². The molecule has 0 saturated heterocycles. The quantitative estimate of drug-likeness (QED) is 0.588. The van der Waals surface area contributed by atoms with Gasteiger partial charge in [0.05, 0.1) is 22.1 Å². The minimum Gasteiger partial charge on any atom is -0.320 e. The highest BCUT2D eigenvalue weighted by molar-refractivity contribution is 7.22. The van der Waals surface area contributed by atoms with Crippen LogP contribution in [0.25, 0.3) is 21.4 Å². The Hall–Kier alpha value is -3.07. The number of aromatic nitrogens is 4. The summed E-state index contributed by atoms with van der Waals surface area (Å²) in [5.74, 6) is -0.601. The van der Waals surface area contributed by atoms with Crippen LogP contribution in [0, 0.1) is 19.7 Å². The number of benzene rings is 1. The molecule has 0 radical (unpaired) electrons. The van der Waals surface area contributed by atoms with Crippen molar-refractivity contribution in [3.63, 3.8) is 0 Å². The van der Waals surface area contributed by atoms with E-state index in [1.165, 1.54) is 34.4 Å². The van der Waals surface area contributed by atoms with Crippen LogP contribution in [-0.2, 0) is 18.4 Å². The maximum absolute atomic E-state index is 13.7. The van der Waals surface area contributed by atoms with Gasteiger partial charge in [-0.3, -0.25) is 14.2 Å². The Morgan fingerprint density at radius 2 is 2.04 bits per heavy atom. The van der Waals surface area contributed by atoms with Crippen LogP contribution in [0.15, 0.2) is 29.3 Å². The first-order valence-electron chi connectivity index (χ1n) is 8.21. The van der Waals surface area contributed by atoms with Crippen LogP contribution < -0.4 is 10.9 Å². The number of pyridine rings is 1. The summed E-state index contributed by atoms with van der Waals surface area (Å²) in [6, 6.07) is 4.60. The largest absolute Gasteiger partial charge is 0.320 e. The van der Waals surface area contributed by atoms with Gasteiger partial charge in [0.1, 0.15) is 12.4 Å². The van der Waals surface area contributed by atoms with Crippen LogP contribution in [0.5, 0.6) is 0 Å². The fourth-order valence-corrected chi connectivity index (χ4v) is 3.97. The Balaban J connectivity index is 1.61. The Labute approximate surface area is 157 Å². The summed E-state index contributed by atoms with van der Waals surface area (Å²) in [5, 5.41) is 3.16. The molecule has 3 aromatic heterocycles. The van der Waals surface area contributed by atoms with Gasteiger partial charge in [-0.05, 0) is 31.0 Å². The number of fused-ring (bicyclic) bond motifs is 2. The highest BCUT2D eigenvalue weighted by atomic mass is 32.1. The molecule has 0 aliphatic rings. The lowest BCUT2D eigenvalue weighted by Gasteiger charge is -2.07. The highest BCUT2D eigenvalue weighted by Gasteiger charge is 2.14. The number of carbonyl (C=O) groups excluding carboxylic acids is 1. The zero-order chi connectivity index (χ0) is 19.3. The van der Waals surface area contributed by atoms with Crippen LogP contribution in [-0.4, -0.2) is 25.0 Å². The number of thiazole rings is 1. The second kappa shape index (κ2) is 6.27. The molecule has 1 aromatic carbocycles. The number of hydrogen-bond acceptors (Lipinski definition) is 5. The Morgan fingerprint density at radius 1 is 1.26 bits per heavy atom. The van der Waals surface area contributed by atoms with Crippen LogP contribution in [0.2, 0.25) is 0 Å². The molecule has 0 aliphatic carbocycles. The number of hydrogen-bond donors (Lipinski definition) is 1. The van der Waals surface area contributed by atoms with Crippen molar-refractivity contribution < 1.29 is 9.18 Å². The fraction of sp³-hybridized carbons (Fsp3) is 0.222. The van der Waals surface area contributed by atoms with Crippen LogP contribution in [0.4, 0.5) is 9.52 Å². The van der Waals surface area contributed by atoms with Gasteiger partial charge in [0, 0.05) is 19.2 Å². The number of halogens is 1. The summed E-state index contributed by atoms with van der Waals surface area (Å²) < 4.78 is 17.6. The van der Waals surface area contributed by atoms with E-state index in [-0.39, 0.29) is 23.8 Å². The summed E-state index contributed by atoms with van der Waals surface area (Å²) in [6.45, 7) is 3.52. The van der Waals surface area contributed by atoms with Crippen LogP contribution in [0.3, 0.4) is 0 Å². The number of aryl methyl sites for hydroxylation is 3. The van der Waals surface area contributed by atoms with Gasteiger partial charge in [0.2, 0.25) is 5.91 Å². The van der Waals surface area contributed by atoms with Gasteiger partial charge in [-0.15, -0.1) is 0 Å². The first-order chi connectivity index (χ1) is 12.8. The third-order valence-electron chi connectivity index (χ3n) is 4.41. The van der Waals surface area contributed by atoms with Gasteiger partial charge >= 0.3 is 0 Å². The van der Waals surface area contributed by atoms with Crippen molar-refractivity contribution in [3.8, 4) is 0 Å². The van der Waals surface area contributed by atoms with Crippen molar-refractivity contribution in [3.05, 3.63) is 51.8 Å². The molecule has 1 amide bonds. The Bertz CT molecular complexity index is 1230. The molecule has 7 nitrogen and oxygen atoms in total. The van der Waals surface area contributed by atoms with Crippen molar-refractivity contribution in [2.24, 2.45) is 7.05 Å². The minimum absolute atomic E-state index is 0.0266. The second-order valence-electron chi connectivity index (χ2n) is 6.41. The van der Waals surface area contributed by atoms with Gasteiger partial charge in [0.25, 0.3) is 5.56 Å². The molecule has 0 bridgehead atoms. The van der Waals surface area contributed by atoms with Crippen LogP contribution in [0.1, 0.15) is 11.1 Å². The summed E-state index contributed by atoms with van der Waals surface area (Å²) >= 11 is 1.29. The normalized spacial score (nSPS) is 11.4. The molecule has 0 spiro atoms. The molecule has 0 saturated carbocycles. The molecule has 4 rings (SSSR count). The predicted octanol–water partition coefficient (Wildman–Crippen LogP) is 2.74. The van der Waals surface area contributed by atoms with Crippen molar-refractivity contribution in [2.45, 2.75) is 20.4 Å². The predicted molar refractivity (Wildman–Crippen MR) is 103 cm³/mol. The van der Waals surface area contributed by atoms with Gasteiger partial charge in [-0.2, -0.15) is 0 Å². The van der Waals surface area contributed by atoms with E-state index in [4.69, 9.17) is 0 Å². The van der Waals surface area contributed by atoms with Crippen molar-refractivity contribution in [1.82, 2.24) is 19.1 Å². The van der Waals surface area contributed by atoms with Gasteiger partial charge < -0.3 is 9.88 Å². The number of nitrogens with one attached hydrogen (secondary N) is 1. The number of carbonyl (C=O) groups is 1. The van der Waals surface area contributed by atoms with Crippen molar-refractivity contribution in [1.29, 1.82) is 0 Å². The zero-order valence-electron chi connectivity index (χ0n) is 14.9. The molecule has 3 heterocycles. The Morgan fingerprint density at radius 3 is 2.81 bits per heavy atom. The maximum atomic E-state index is 13.7. The molecule has 0 fully saturated rings. The summed E-state index contributed by atoms with van der Waals surface area (Å²) in [5.41, 5.74) is 2.91. The van der Waals surface area contributed by atoms with Gasteiger partial charge in [-0.25, -0.2) is 14.4 Å². The van der Waals surface area contributed by atoms with Crippen LogP contribution >= 0.6 is 11.3 Å². The minimum atomic E-state index is -0.323. The van der Waals surface area contributed by atoms with E-state index in [1.807, 2.05) is 6.92 Å². The maximum Gasteiger partial charge on any atom is 0.252 e. The monoisotopic (exact) mass is 385 g/mol. The molecule has 27 heavy (non-hydrogen) atoms. The third-order valence-corrected chi connectivity index (χ3v) is 5.34. The average Bonchev–Trinajstić information content (AvgIpc) is 3.17. The lowest BCUT2D eigenvalue weighted by molar-refractivity contribution is -0.116. The molecular weight excluding hydrogens is 369 g/mol. The third kappa shape index (κ3) is 2.99. The van der Waals surface area contributed by atoms with E-state index >= 15 is 0 Å². The summed E-state index contributed by atoms with van der Waals surface area (Å²) in [6.07, 6.45) is 1.54. The molecule has 138 valence electrons. The van der Waals surface area contributed by atoms with E-state index in [2.05, 4.69) is 15.3 Å². The first kappa shape index (κ1) is 17.3. The molecule has 0 atom stereocenters. The van der Waals surface area contributed by atoms with E-state index in [1.54, 1.807) is 24.6 Å². The second-order valence-corrected chi connectivity index (χ2v) is 7.44. The van der Waals surface area contributed by atoms with Crippen molar-refractivity contribution >= 4 is 43.8 Å². The lowest BCUT2D eigenvalue weighted by atomic mass is 10.2. The van der Waals surface area contributed by atoms with E-state index in [9.17, 15) is 14.0 Å². The number of amides is 1. The fourth-order valence-electron chi connectivity index (χ4n) is 3.01. The smallest absolute Gasteiger partial charge is 0.252 e. The first-order valence-corrected chi connectivity index (χ1v) is 9.03. The lowest BCUT2D eigenvalue weighted by Crippen LogP contribution is -2.20. The molecule has 0 unspecified atom stereocenters. The number of nitrogens with zero attached hydrogens (tertiary/aromatic N) is 4. The standard InChI is InChI=1S/C18H16FN5O2S/c1-9-4-13-12(6-11(9)19)21-18(27-13)22-14(25)7-24-8-20-17-16(24)10(2)5-15(26)23(17)3/h4-6,8H,7H2,1-3H3,(H,21,22,25). The number of imidazole rings is 1. The van der Waals surface area contributed by atoms with Gasteiger partial charge in [-0.1, -0.05) is 11.3 Å². The molecule has 9 heteroatoms. The molecule has 4 aromatic rings. The SMILES string of the molecule is Cc1cc2sc(NC(=O)Cn3cnc4c3c(C)cc(=O)n4C)nc2cc1F. The number of rotatable bonds is 3. The summed E-state index contributed by atoms with van der Waals surface area (Å²) in [7, 11) is 1.64. The molecule has 1 N–H and O–H groups in total. The van der Waals surface area contributed by atoms with Crippen molar-refractivity contribution in [2.75, 3.05) is 5.32 Å². The number of anilines is 1. The molecule has 0 aliphatic heterocycles. The van der Waals surface area contributed by atoms with E-state index in [0.29, 0.717) is 21.9 Å². The van der Waals surface area contributed by atoms with E-state index in [0.717, 1.165) is 15.8 Å². The highest BCUT2D eigenvalue weighted by Crippen LogP contribution is 2.28. The average molecular weight is 385 g/mol. The topological polar surface area (TPSA) is 81.8 Å². The summed E-state index contributed by atoms with van der Waals surface area (Å²) in [4.78, 5) is 32.8. The molecular formula is C18H16FN5O2S.